The Bertz CT molecular complexity index is 696. The van der Waals surface area contributed by atoms with Crippen molar-refractivity contribution in [1.29, 1.82) is 0 Å². The number of rotatable bonds is 2. The maximum Gasteiger partial charge on any atom is 0.490 e. The molecule has 2 saturated heterocycles. The molecular weight excluding hydrogens is 387 g/mol. The Balaban J connectivity index is 0.000000321. The number of carboxylic acid groups (broad SMARTS) is 1. The molecule has 2 aliphatic rings. The van der Waals surface area contributed by atoms with E-state index >= 15 is 0 Å². The second-order valence-electron chi connectivity index (χ2n) is 6.35. The molecule has 0 radical (unpaired) electrons. The molecule has 0 bridgehead atoms. The van der Waals surface area contributed by atoms with Gasteiger partial charge in [-0.3, -0.25) is 14.5 Å². The summed E-state index contributed by atoms with van der Waals surface area (Å²) in [5.74, 6) is -2.14. The second kappa shape index (κ2) is 8.26. The van der Waals surface area contributed by atoms with Crippen LogP contribution in [0.3, 0.4) is 0 Å². The number of fused-ring (bicyclic) bond motifs is 1. The van der Waals surface area contributed by atoms with Crippen molar-refractivity contribution in [2.75, 3.05) is 27.2 Å². The third kappa shape index (κ3) is 4.78. The summed E-state index contributed by atoms with van der Waals surface area (Å²) < 4.78 is 31.7. The van der Waals surface area contributed by atoms with Gasteiger partial charge in [0.15, 0.2) is 0 Å². The van der Waals surface area contributed by atoms with Crippen LogP contribution >= 0.6 is 11.3 Å². The zero-order chi connectivity index (χ0) is 20.4. The highest BCUT2D eigenvalue weighted by atomic mass is 32.1. The molecule has 2 aliphatic heterocycles. The zero-order valence-electron chi connectivity index (χ0n) is 14.7. The van der Waals surface area contributed by atoms with Crippen LogP contribution in [0, 0.1) is 5.92 Å². The number of carbonyl (C=O) groups is 3. The van der Waals surface area contributed by atoms with Crippen LogP contribution in [0.15, 0.2) is 17.5 Å². The van der Waals surface area contributed by atoms with Crippen LogP contribution in [-0.2, 0) is 9.59 Å². The summed E-state index contributed by atoms with van der Waals surface area (Å²) in [5.41, 5.74) is 0. The molecule has 3 heterocycles. The quantitative estimate of drug-likeness (QED) is 0.771. The van der Waals surface area contributed by atoms with Crippen molar-refractivity contribution in [2.45, 2.75) is 24.7 Å². The minimum atomic E-state index is -5.08. The summed E-state index contributed by atoms with van der Waals surface area (Å²) in [5, 5.41) is 11.8. The highest BCUT2D eigenvalue weighted by Gasteiger charge is 2.48. The summed E-state index contributed by atoms with van der Waals surface area (Å²) in [6.45, 7) is 1.49. The molecule has 0 saturated carbocycles. The van der Waals surface area contributed by atoms with Gasteiger partial charge in [0.25, 0.3) is 5.91 Å². The lowest BCUT2D eigenvalue weighted by Gasteiger charge is -2.25. The Morgan fingerprint density at radius 3 is 2.37 bits per heavy atom. The van der Waals surface area contributed by atoms with Gasteiger partial charge in [0, 0.05) is 26.2 Å². The van der Waals surface area contributed by atoms with Crippen LogP contribution in [0.1, 0.15) is 16.1 Å². The molecule has 11 heteroatoms. The molecular formula is C16H20F3N3O4S. The van der Waals surface area contributed by atoms with Crippen molar-refractivity contribution in [3.8, 4) is 0 Å². The molecule has 27 heavy (non-hydrogen) atoms. The summed E-state index contributed by atoms with van der Waals surface area (Å²) in [4.78, 5) is 37.9. The standard InChI is InChI=1S/C14H19N3O2S.C2HF3O2/c1-15-13(18)10-6-9-7-17(8-11(9)16(10)2)14(19)12-4-3-5-20-12;3-2(4,5)1(6)7/h3-5,9-11H,6-8H2,1-2H3,(H,15,18);(H,6,7)/t9-,10-,11+;/m1./s1. The molecule has 3 rings (SSSR count). The number of halogens is 3. The molecule has 1 aromatic rings. The Morgan fingerprint density at radius 2 is 1.93 bits per heavy atom. The van der Waals surface area contributed by atoms with Gasteiger partial charge in [0.05, 0.1) is 10.9 Å². The van der Waals surface area contributed by atoms with Gasteiger partial charge in [-0.15, -0.1) is 11.3 Å². The molecule has 2 amide bonds. The number of carbonyl (C=O) groups excluding carboxylic acids is 2. The lowest BCUT2D eigenvalue weighted by molar-refractivity contribution is -0.192. The maximum atomic E-state index is 12.4. The molecule has 0 spiro atoms. The van der Waals surface area contributed by atoms with E-state index in [0.717, 1.165) is 24.4 Å². The highest BCUT2D eigenvalue weighted by Crippen LogP contribution is 2.35. The average Bonchev–Trinajstić information content (AvgIpc) is 3.31. The third-order valence-electron chi connectivity index (χ3n) is 4.76. The molecule has 7 nitrogen and oxygen atoms in total. The predicted octanol–water partition coefficient (Wildman–Crippen LogP) is 1.27. The smallest absolute Gasteiger partial charge is 0.475 e. The number of alkyl halides is 3. The Labute approximate surface area is 157 Å². The summed E-state index contributed by atoms with van der Waals surface area (Å²) in [7, 11) is 3.67. The molecule has 1 aromatic heterocycles. The number of aliphatic carboxylic acids is 1. The second-order valence-corrected chi connectivity index (χ2v) is 7.30. The van der Waals surface area contributed by atoms with Crippen LogP contribution < -0.4 is 5.32 Å². The lowest BCUT2D eigenvalue weighted by Crippen LogP contribution is -2.45. The number of nitrogens with one attached hydrogen (secondary N) is 1. The molecule has 0 aromatic carbocycles. The van der Waals surface area contributed by atoms with Gasteiger partial charge >= 0.3 is 12.1 Å². The van der Waals surface area contributed by atoms with E-state index in [0.29, 0.717) is 12.0 Å². The number of likely N-dealkylation sites (tertiary alicyclic amines) is 2. The van der Waals surface area contributed by atoms with E-state index in [4.69, 9.17) is 9.90 Å². The van der Waals surface area contributed by atoms with Gasteiger partial charge in [0.2, 0.25) is 5.91 Å². The minimum Gasteiger partial charge on any atom is -0.475 e. The molecule has 2 fully saturated rings. The topological polar surface area (TPSA) is 90.0 Å². The van der Waals surface area contributed by atoms with Gasteiger partial charge < -0.3 is 15.3 Å². The van der Waals surface area contributed by atoms with E-state index in [1.807, 2.05) is 29.5 Å². The SMILES string of the molecule is CNC(=O)[C@H]1C[C@@H]2CN(C(=O)c3cccs3)C[C@@H]2N1C.O=C(O)C(F)(F)F. The molecule has 0 unspecified atom stereocenters. The van der Waals surface area contributed by atoms with Crippen molar-refractivity contribution in [1.82, 2.24) is 15.1 Å². The van der Waals surface area contributed by atoms with Crippen LogP contribution in [-0.4, -0.2) is 78.1 Å². The number of carboxylic acids is 1. The van der Waals surface area contributed by atoms with Crippen LogP contribution in [0.4, 0.5) is 13.2 Å². The number of thiophene rings is 1. The Kier molecular flexibility index (Phi) is 6.47. The summed E-state index contributed by atoms with van der Waals surface area (Å²) in [6.07, 6.45) is -4.24. The minimum absolute atomic E-state index is 0.0472. The number of hydrogen-bond donors (Lipinski definition) is 2. The van der Waals surface area contributed by atoms with Gasteiger partial charge in [-0.2, -0.15) is 13.2 Å². The van der Waals surface area contributed by atoms with Crippen LogP contribution in [0.2, 0.25) is 0 Å². The Morgan fingerprint density at radius 1 is 1.30 bits per heavy atom. The van der Waals surface area contributed by atoms with Crippen molar-refractivity contribution >= 4 is 29.1 Å². The largest absolute Gasteiger partial charge is 0.490 e. The van der Waals surface area contributed by atoms with E-state index in [1.165, 1.54) is 11.3 Å². The van der Waals surface area contributed by atoms with Crippen molar-refractivity contribution in [2.24, 2.45) is 5.92 Å². The normalized spacial score (nSPS) is 24.8. The fourth-order valence-electron chi connectivity index (χ4n) is 3.41. The van der Waals surface area contributed by atoms with E-state index in [2.05, 4.69) is 10.2 Å². The molecule has 3 atom stereocenters. The number of nitrogens with zero attached hydrogens (tertiary/aromatic N) is 2. The van der Waals surface area contributed by atoms with Gasteiger partial charge in [-0.05, 0) is 30.8 Å². The van der Waals surface area contributed by atoms with E-state index in [9.17, 15) is 22.8 Å². The van der Waals surface area contributed by atoms with E-state index < -0.39 is 12.1 Å². The number of hydrogen-bond acceptors (Lipinski definition) is 5. The van der Waals surface area contributed by atoms with Crippen molar-refractivity contribution in [3.05, 3.63) is 22.4 Å². The molecule has 150 valence electrons. The van der Waals surface area contributed by atoms with Crippen molar-refractivity contribution in [3.63, 3.8) is 0 Å². The van der Waals surface area contributed by atoms with Crippen LogP contribution in [0.5, 0.6) is 0 Å². The predicted molar refractivity (Wildman–Crippen MR) is 91.4 cm³/mol. The van der Waals surface area contributed by atoms with E-state index in [1.54, 1.807) is 7.05 Å². The third-order valence-corrected chi connectivity index (χ3v) is 5.62. The first-order valence-corrected chi connectivity index (χ1v) is 9.00. The van der Waals surface area contributed by atoms with Gasteiger partial charge in [-0.1, -0.05) is 6.07 Å². The first-order valence-electron chi connectivity index (χ1n) is 8.12. The van der Waals surface area contributed by atoms with Crippen LogP contribution in [0.25, 0.3) is 0 Å². The molecule has 0 aliphatic carbocycles. The van der Waals surface area contributed by atoms with E-state index in [-0.39, 0.29) is 17.9 Å². The Hall–Kier alpha value is -2.14. The highest BCUT2D eigenvalue weighted by molar-refractivity contribution is 7.12. The number of likely N-dealkylation sites (N-methyl/N-ethyl adjacent to an activating group) is 2. The lowest BCUT2D eigenvalue weighted by atomic mass is 10.0. The summed E-state index contributed by atoms with van der Waals surface area (Å²) >= 11 is 1.49. The van der Waals surface area contributed by atoms with Gasteiger partial charge in [0.1, 0.15) is 0 Å². The fourth-order valence-corrected chi connectivity index (χ4v) is 4.10. The monoisotopic (exact) mass is 407 g/mol. The first kappa shape index (κ1) is 21.2. The molecule has 2 N–H and O–H groups in total. The first-order chi connectivity index (χ1) is 12.6. The fraction of sp³-hybridized carbons (Fsp3) is 0.562. The average molecular weight is 407 g/mol. The number of amides is 2. The zero-order valence-corrected chi connectivity index (χ0v) is 15.5. The maximum absolute atomic E-state index is 12.4. The van der Waals surface area contributed by atoms with Gasteiger partial charge in [-0.25, -0.2) is 4.79 Å². The van der Waals surface area contributed by atoms with Crippen molar-refractivity contribution < 1.29 is 32.7 Å². The summed E-state index contributed by atoms with van der Waals surface area (Å²) in [6, 6.07) is 4.04.